The molecule has 2 heterocycles. The molecule has 25 heavy (non-hydrogen) atoms. The lowest BCUT2D eigenvalue weighted by molar-refractivity contribution is -0.118. The molecular weight excluding hydrogens is 342 g/mol. The van der Waals surface area contributed by atoms with Crippen molar-refractivity contribution in [1.29, 1.82) is 5.26 Å². The summed E-state index contributed by atoms with van der Waals surface area (Å²) in [7, 11) is 0. The SMILES string of the molecule is N#CCCNC(=O)CSc1nc2ccccc2c(=O)n1-c1ncn[nH]1. The third kappa shape index (κ3) is 3.67. The lowest BCUT2D eigenvalue weighted by Gasteiger charge is -2.10. The van der Waals surface area contributed by atoms with E-state index in [1.165, 1.54) is 10.9 Å². The van der Waals surface area contributed by atoms with Crippen LogP contribution in [0.15, 0.2) is 40.5 Å². The number of aromatic amines is 1. The van der Waals surface area contributed by atoms with Crippen LogP contribution in [0.5, 0.6) is 0 Å². The van der Waals surface area contributed by atoms with Crippen LogP contribution in [0.25, 0.3) is 16.9 Å². The molecule has 0 unspecified atom stereocenters. The second-order valence-corrected chi connectivity index (χ2v) is 5.85. The summed E-state index contributed by atoms with van der Waals surface area (Å²) in [6.45, 7) is 0.288. The van der Waals surface area contributed by atoms with Crippen LogP contribution in [0.3, 0.4) is 0 Å². The first-order valence-electron chi connectivity index (χ1n) is 7.34. The lowest BCUT2D eigenvalue weighted by atomic mass is 10.2. The second kappa shape index (κ2) is 7.59. The predicted octanol–water partition coefficient (Wildman–Crippen LogP) is 0.626. The van der Waals surface area contributed by atoms with E-state index in [-0.39, 0.29) is 36.1 Å². The molecule has 0 saturated heterocycles. The molecule has 126 valence electrons. The summed E-state index contributed by atoms with van der Waals surface area (Å²) in [5.41, 5.74) is 0.241. The first-order valence-corrected chi connectivity index (χ1v) is 8.33. The smallest absolute Gasteiger partial charge is 0.269 e. The van der Waals surface area contributed by atoms with E-state index in [4.69, 9.17) is 5.26 Å². The molecule has 2 aromatic heterocycles. The molecule has 9 nitrogen and oxygen atoms in total. The quantitative estimate of drug-likeness (QED) is 0.377. The summed E-state index contributed by atoms with van der Waals surface area (Å²) in [6, 6.07) is 8.91. The van der Waals surface area contributed by atoms with E-state index in [1.807, 2.05) is 6.07 Å². The van der Waals surface area contributed by atoms with Gasteiger partial charge in [0.05, 0.1) is 29.1 Å². The highest BCUT2D eigenvalue weighted by atomic mass is 32.2. The molecule has 0 atom stereocenters. The summed E-state index contributed by atoms with van der Waals surface area (Å²) in [5.74, 6) is 0.0482. The number of nitrogens with zero attached hydrogens (tertiary/aromatic N) is 5. The number of carbonyl (C=O) groups excluding carboxylic acids is 1. The Labute approximate surface area is 146 Å². The molecule has 2 N–H and O–H groups in total. The van der Waals surface area contributed by atoms with E-state index < -0.39 is 0 Å². The van der Waals surface area contributed by atoms with Crippen molar-refractivity contribution in [3.8, 4) is 12.0 Å². The molecule has 1 amide bonds. The molecule has 0 bridgehead atoms. The van der Waals surface area contributed by atoms with Crippen molar-refractivity contribution in [1.82, 2.24) is 30.0 Å². The van der Waals surface area contributed by atoms with Gasteiger partial charge in [0.15, 0.2) is 5.16 Å². The molecule has 0 fully saturated rings. The standard InChI is InChI=1S/C15H13N7O2S/c16-6-3-7-17-12(23)8-25-15-20-11-5-2-1-4-10(11)13(24)22(15)14-18-9-19-21-14/h1-2,4-5,9H,3,7-8H2,(H,17,23)(H,18,19,21). The Kier molecular flexibility index (Phi) is 5.06. The molecule has 3 rings (SSSR count). The first kappa shape index (κ1) is 16.7. The Morgan fingerprint density at radius 3 is 3.00 bits per heavy atom. The highest BCUT2D eigenvalue weighted by molar-refractivity contribution is 7.99. The van der Waals surface area contributed by atoms with Crippen LogP contribution < -0.4 is 10.9 Å². The number of carbonyl (C=O) groups is 1. The third-order valence-corrected chi connectivity index (χ3v) is 4.19. The predicted molar refractivity (Wildman–Crippen MR) is 91.2 cm³/mol. The maximum atomic E-state index is 12.8. The van der Waals surface area contributed by atoms with E-state index in [0.717, 1.165) is 11.8 Å². The number of thioether (sulfide) groups is 1. The van der Waals surface area contributed by atoms with Gasteiger partial charge in [-0.2, -0.15) is 15.3 Å². The zero-order valence-corrected chi connectivity index (χ0v) is 13.8. The van der Waals surface area contributed by atoms with Gasteiger partial charge in [-0.15, -0.1) is 0 Å². The fourth-order valence-electron chi connectivity index (χ4n) is 2.14. The number of aromatic nitrogens is 5. The Balaban J connectivity index is 1.94. The number of benzene rings is 1. The molecular formula is C15H13N7O2S. The average Bonchev–Trinajstić information content (AvgIpc) is 3.14. The largest absolute Gasteiger partial charge is 0.354 e. The molecule has 0 aliphatic rings. The van der Waals surface area contributed by atoms with Crippen molar-refractivity contribution in [3.05, 3.63) is 40.9 Å². The molecule has 0 radical (unpaired) electrons. The van der Waals surface area contributed by atoms with Crippen LogP contribution >= 0.6 is 11.8 Å². The molecule has 1 aromatic carbocycles. The third-order valence-electron chi connectivity index (χ3n) is 3.25. The Morgan fingerprint density at radius 1 is 1.40 bits per heavy atom. The van der Waals surface area contributed by atoms with Crippen LogP contribution in [0.4, 0.5) is 0 Å². The molecule has 10 heteroatoms. The van der Waals surface area contributed by atoms with Gasteiger partial charge in [-0.25, -0.2) is 14.6 Å². The van der Waals surface area contributed by atoms with Gasteiger partial charge in [0.25, 0.3) is 5.56 Å². The minimum Gasteiger partial charge on any atom is -0.354 e. The maximum absolute atomic E-state index is 12.8. The monoisotopic (exact) mass is 355 g/mol. The highest BCUT2D eigenvalue weighted by Gasteiger charge is 2.16. The van der Waals surface area contributed by atoms with Crippen molar-refractivity contribution >= 4 is 28.6 Å². The van der Waals surface area contributed by atoms with Crippen LogP contribution in [0.2, 0.25) is 0 Å². The number of rotatable bonds is 6. The summed E-state index contributed by atoms with van der Waals surface area (Å²) < 4.78 is 1.29. The fourth-order valence-corrected chi connectivity index (χ4v) is 2.97. The number of amides is 1. The van der Waals surface area contributed by atoms with Gasteiger partial charge in [-0.05, 0) is 12.1 Å². The van der Waals surface area contributed by atoms with Gasteiger partial charge in [0.1, 0.15) is 6.33 Å². The fraction of sp³-hybridized carbons (Fsp3) is 0.200. The average molecular weight is 355 g/mol. The van der Waals surface area contributed by atoms with Crippen molar-refractivity contribution < 1.29 is 4.79 Å². The van der Waals surface area contributed by atoms with Crippen molar-refractivity contribution in [2.24, 2.45) is 0 Å². The van der Waals surface area contributed by atoms with Crippen LogP contribution in [-0.4, -0.2) is 42.9 Å². The Hall–Kier alpha value is -3.19. The van der Waals surface area contributed by atoms with Gasteiger partial charge in [-0.3, -0.25) is 9.59 Å². The van der Waals surface area contributed by atoms with Crippen LogP contribution in [0, 0.1) is 11.3 Å². The zero-order chi connectivity index (χ0) is 17.6. The van der Waals surface area contributed by atoms with E-state index in [2.05, 4.69) is 25.5 Å². The van der Waals surface area contributed by atoms with Crippen LogP contribution in [-0.2, 0) is 4.79 Å². The summed E-state index contributed by atoms with van der Waals surface area (Å²) in [5, 5.41) is 18.3. The van der Waals surface area contributed by atoms with E-state index in [0.29, 0.717) is 16.1 Å². The van der Waals surface area contributed by atoms with E-state index in [1.54, 1.807) is 24.3 Å². The molecule has 0 saturated carbocycles. The summed E-state index contributed by atoms with van der Waals surface area (Å²) in [4.78, 5) is 33.1. The summed E-state index contributed by atoms with van der Waals surface area (Å²) in [6.07, 6.45) is 1.54. The highest BCUT2D eigenvalue weighted by Crippen LogP contribution is 2.19. The zero-order valence-electron chi connectivity index (χ0n) is 13.0. The van der Waals surface area contributed by atoms with Crippen molar-refractivity contribution in [3.63, 3.8) is 0 Å². The first-order chi connectivity index (χ1) is 12.2. The number of H-pyrrole nitrogens is 1. The van der Waals surface area contributed by atoms with Crippen molar-refractivity contribution in [2.75, 3.05) is 12.3 Å². The second-order valence-electron chi connectivity index (χ2n) is 4.91. The Bertz CT molecular complexity index is 991. The molecule has 3 aromatic rings. The Morgan fingerprint density at radius 2 is 2.24 bits per heavy atom. The lowest BCUT2D eigenvalue weighted by Crippen LogP contribution is -2.27. The molecule has 0 spiro atoms. The van der Waals surface area contributed by atoms with E-state index in [9.17, 15) is 9.59 Å². The minimum atomic E-state index is -0.297. The van der Waals surface area contributed by atoms with Gasteiger partial charge >= 0.3 is 0 Å². The number of nitrogens with one attached hydrogen (secondary N) is 2. The van der Waals surface area contributed by atoms with Crippen LogP contribution in [0.1, 0.15) is 6.42 Å². The maximum Gasteiger partial charge on any atom is 0.269 e. The topological polar surface area (TPSA) is 129 Å². The number of hydrogen-bond donors (Lipinski definition) is 2. The minimum absolute atomic E-state index is 0.0599. The normalized spacial score (nSPS) is 10.5. The molecule has 0 aliphatic carbocycles. The molecule has 0 aliphatic heterocycles. The number of hydrogen-bond acceptors (Lipinski definition) is 7. The number of nitriles is 1. The summed E-state index contributed by atoms with van der Waals surface area (Å²) >= 11 is 1.11. The van der Waals surface area contributed by atoms with E-state index >= 15 is 0 Å². The number of para-hydroxylation sites is 1. The van der Waals surface area contributed by atoms with Crippen molar-refractivity contribution in [2.45, 2.75) is 11.6 Å². The van der Waals surface area contributed by atoms with Gasteiger partial charge < -0.3 is 5.32 Å². The number of fused-ring (bicyclic) bond motifs is 1. The van der Waals surface area contributed by atoms with Gasteiger partial charge in [0.2, 0.25) is 11.9 Å². The van der Waals surface area contributed by atoms with Gasteiger partial charge in [0, 0.05) is 6.54 Å². The van der Waals surface area contributed by atoms with Gasteiger partial charge in [-0.1, -0.05) is 23.9 Å².